The number of carboxylic acids is 1. The highest BCUT2D eigenvalue weighted by atomic mass is 19.2. The molecule has 1 amide bonds. The predicted molar refractivity (Wildman–Crippen MR) is 192 cm³/mol. The summed E-state index contributed by atoms with van der Waals surface area (Å²) in [6.45, 7) is 13.2. The number of likely N-dealkylation sites (N-methyl/N-ethyl adjacent to an activating group) is 1. The molecule has 0 spiro atoms. The average Bonchev–Trinajstić information content (AvgIpc) is 3.03. The fourth-order valence-corrected chi connectivity index (χ4v) is 4.57. The Hall–Kier alpha value is -4.59. The van der Waals surface area contributed by atoms with Gasteiger partial charge in [-0.1, -0.05) is 32.4 Å². The van der Waals surface area contributed by atoms with Crippen LogP contribution in [0.5, 0.6) is 0 Å². The zero-order chi connectivity index (χ0) is 36.9. The maximum absolute atomic E-state index is 13.6. The molecule has 0 aliphatic heterocycles. The van der Waals surface area contributed by atoms with Crippen LogP contribution in [0.2, 0.25) is 0 Å². The first-order valence-electron chi connectivity index (χ1n) is 16.6. The van der Waals surface area contributed by atoms with Gasteiger partial charge in [0, 0.05) is 57.6 Å². The molecule has 0 radical (unpaired) electrons. The fraction of sp³-hybridized carbons (Fsp3) is 0.514. The number of H-pyrrole nitrogens is 1. The van der Waals surface area contributed by atoms with E-state index < -0.39 is 28.9 Å². The Morgan fingerprint density at radius 3 is 2.27 bits per heavy atom. The minimum atomic E-state index is -1.37. The van der Waals surface area contributed by atoms with Crippen molar-refractivity contribution in [2.24, 2.45) is 5.73 Å². The Bertz CT molecular complexity index is 1470. The topological polar surface area (TPSA) is 172 Å². The number of benzene rings is 1. The third kappa shape index (κ3) is 16.9. The van der Waals surface area contributed by atoms with E-state index in [0.29, 0.717) is 30.9 Å². The van der Waals surface area contributed by atoms with Gasteiger partial charge in [-0.3, -0.25) is 9.59 Å². The van der Waals surface area contributed by atoms with Crippen LogP contribution in [0.3, 0.4) is 0 Å². The molecule has 0 fully saturated rings. The maximum atomic E-state index is 13.6. The summed E-state index contributed by atoms with van der Waals surface area (Å²) >= 11 is 0. The Labute approximate surface area is 288 Å². The molecule has 1 aromatic heterocycles. The number of allylic oxidation sites excluding steroid dienone is 4. The summed E-state index contributed by atoms with van der Waals surface area (Å²) in [4.78, 5) is 49.1. The lowest BCUT2D eigenvalue weighted by molar-refractivity contribution is -0.129. The molecule has 0 saturated heterocycles. The number of carbonyl (C=O) groups excluding carboxylic acids is 1. The summed E-state index contributed by atoms with van der Waals surface area (Å²) < 4.78 is 26.9. The van der Waals surface area contributed by atoms with Crippen molar-refractivity contribution in [3.63, 3.8) is 0 Å². The van der Waals surface area contributed by atoms with E-state index in [1.54, 1.807) is 32.1 Å². The van der Waals surface area contributed by atoms with Crippen LogP contribution in [0.4, 0.5) is 20.4 Å². The number of nitrogens with one attached hydrogen (secondary N) is 3. The predicted octanol–water partition coefficient (Wildman–Crippen LogP) is 5.38. The minimum Gasteiger partial charge on any atom is -0.476 e. The molecule has 0 aliphatic rings. The molecule has 12 nitrogen and oxygen atoms in total. The third-order valence-corrected chi connectivity index (χ3v) is 7.25. The van der Waals surface area contributed by atoms with Crippen molar-refractivity contribution in [2.45, 2.75) is 73.3 Å². The number of carboxylic acid groups (broad SMARTS) is 1. The second-order valence-corrected chi connectivity index (χ2v) is 11.8. The van der Waals surface area contributed by atoms with Crippen LogP contribution in [0.25, 0.3) is 0 Å². The molecule has 0 atom stereocenters. The molecule has 0 unspecified atom stereocenters. The SMILES string of the molecule is CC(=N)/C=C\C=C(/C)N.CCCCN(CCN(C)CCCCN(CCC)C(C)=O)c1nc(NCc2ccc(F)c(F)c2)c(C(=O)O)[nH]c1=O. The first kappa shape index (κ1) is 42.4. The molecule has 272 valence electrons. The van der Waals surface area contributed by atoms with Crippen LogP contribution in [0, 0.1) is 17.0 Å². The van der Waals surface area contributed by atoms with Crippen LogP contribution in [-0.4, -0.2) is 88.8 Å². The summed E-state index contributed by atoms with van der Waals surface area (Å²) in [6, 6.07) is 3.38. The Morgan fingerprint density at radius 2 is 1.69 bits per heavy atom. The number of hydrogen-bond acceptors (Lipinski definition) is 9. The van der Waals surface area contributed by atoms with Gasteiger partial charge in [0.05, 0.1) is 0 Å². The highest BCUT2D eigenvalue weighted by molar-refractivity contribution is 5.91. The number of halogens is 2. The quantitative estimate of drug-likeness (QED) is 0.0696. The van der Waals surface area contributed by atoms with E-state index >= 15 is 0 Å². The van der Waals surface area contributed by atoms with Gasteiger partial charge in [0.25, 0.3) is 5.56 Å². The summed E-state index contributed by atoms with van der Waals surface area (Å²) in [5.41, 5.74) is 5.97. The molecule has 2 rings (SSSR count). The summed E-state index contributed by atoms with van der Waals surface area (Å²) in [6.07, 6.45) is 9.66. The van der Waals surface area contributed by atoms with Crippen molar-refractivity contribution in [2.75, 3.05) is 56.5 Å². The monoisotopic (exact) mass is 688 g/mol. The first-order valence-corrected chi connectivity index (χ1v) is 16.6. The van der Waals surface area contributed by atoms with Crippen LogP contribution in [-0.2, 0) is 11.3 Å². The van der Waals surface area contributed by atoms with Crippen LogP contribution in [0.15, 0.2) is 46.9 Å². The maximum Gasteiger partial charge on any atom is 0.356 e. The molecule has 1 aromatic carbocycles. The van der Waals surface area contributed by atoms with E-state index in [4.69, 9.17) is 11.1 Å². The fourth-order valence-electron chi connectivity index (χ4n) is 4.57. The standard InChI is InChI=1S/C28H42F2N6O4.C7H12N2/c1-5-7-14-36(17-16-34(4)13-8-9-15-35(12-6-2)20(3)37)26-27(38)32-24(28(39)40)25(33-26)31-19-21-10-11-22(29)23(30)18-21;1-6(8)4-3-5-7(2)9/h10-11,18H,5-9,12-17,19H2,1-4H3,(H,31,33)(H,32,38)(H,39,40);3-5,8H,9H2,1-2H3/b;4-3-,7-5+,8-6?. The Morgan fingerprint density at radius 1 is 1.00 bits per heavy atom. The number of carbonyl (C=O) groups is 2. The molecule has 0 aliphatic carbocycles. The number of anilines is 2. The van der Waals surface area contributed by atoms with E-state index in [1.807, 2.05) is 30.7 Å². The van der Waals surface area contributed by atoms with Crippen LogP contribution in [0.1, 0.15) is 82.8 Å². The molecule has 0 saturated carbocycles. The van der Waals surface area contributed by atoms with Crippen molar-refractivity contribution in [1.82, 2.24) is 19.8 Å². The Kier molecular flexibility index (Phi) is 19.8. The van der Waals surface area contributed by atoms with Crippen molar-refractivity contribution in [3.8, 4) is 0 Å². The van der Waals surface area contributed by atoms with Gasteiger partial charge in [-0.25, -0.2) is 18.6 Å². The van der Waals surface area contributed by atoms with Gasteiger partial charge in [0.15, 0.2) is 29.0 Å². The molecule has 6 N–H and O–H groups in total. The molecule has 0 bridgehead atoms. The number of amides is 1. The van der Waals surface area contributed by atoms with Crippen LogP contribution >= 0.6 is 0 Å². The van der Waals surface area contributed by atoms with Gasteiger partial charge < -0.3 is 41.2 Å². The minimum absolute atomic E-state index is 0.0209. The van der Waals surface area contributed by atoms with E-state index in [0.717, 1.165) is 69.6 Å². The second kappa shape index (κ2) is 22.9. The number of aromatic carboxylic acids is 1. The van der Waals surface area contributed by atoms with Crippen molar-refractivity contribution < 1.29 is 23.5 Å². The number of unbranched alkanes of at least 4 members (excludes halogenated alkanes) is 2. The molecule has 49 heavy (non-hydrogen) atoms. The van der Waals surface area contributed by atoms with Gasteiger partial charge in [-0.05, 0) is 83.0 Å². The smallest absolute Gasteiger partial charge is 0.356 e. The van der Waals surface area contributed by atoms with Crippen molar-refractivity contribution in [3.05, 3.63) is 75.4 Å². The van der Waals surface area contributed by atoms with Crippen molar-refractivity contribution >= 4 is 29.2 Å². The zero-order valence-corrected chi connectivity index (χ0v) is 29.7. The number of rotatable bonds is 20. The number of aromatic nitrogens is 2. The summed E-state index contributed by atoms with van der Waals surface area (Å²) in [5, 5.41) is 19.4. The van der Waals surface area contributed by atoms with Gasteiger partial charge in [0.2, 0.25) is 5.91 Å². The highest BCUT2D eigenvalue weighted by Crippen LogP contribution is 2.17. The normalized spacial score (nSPS) is 11.3. The third-order valence-electron chi connectivity index (χ3n) is 7.25. The van der Waals surface area contributed by atoms with E-state index in [-0.39, 0.29) is 24.1 Å². The van der Waals surface area contributed by atoms with Gasteiger partial charge >= 0.3 is 5.97 Å². The largest absolute Gasteiger partial charge is 0.476 e. The second-order valence-electron chi connectivity index (χ2n) is 11.8. The molecule has 14 heteroatoms. The summed E-state index contributed by atoms with van der Waals surface area (Å²) in [5.74, 6) is -3.25. The number of hydrogen-bond donors (Lipinski definition) is 5. The van der Waals surface area contributed by atoms with Gasteiger partial charge in [0.1, 0.15) is 0 Å². The lowest BCUT2D eigenvalue weighted by atomic mass is 10.2. The molecule has 2 aromatic rings. The molecular formula is C35H54F2N8O4. The lowest BCUT2D eigenvalue weighted by Crippen LogP contribution is -2.38. The first-order chi connectivity index (χ1) is 23.2. The van der Waals surface area contributed by atoms with E-state index in [2.05, 4.69) is 27.1 Å². The lowest BCUT2D eigenvalue weighted by Gasteiger charge is -2.27. The van der Waals surface area contributed by atoms with Crippen molar-refractivity contribution in [1.29, 1.82) is 5.41 Å². The van der Waals surface area contributed by atoms with Crippen LogP contribution < -0.4 is 21.5 Å². The molecule has 1 heterocycles. The van der Waals surface area contributed by atoms with Gasteiger partial charge in [-0.15, -0.1) is 0 Å². The highest BCUT2D eigenvalue weighted by Gasteiger charge is 2.20. The number of aromatic amines is 1. The number of nitrogens with two attached hydrogens (primary N) is 1. The van der Waals surface area contributed by atoms with E-state index in [1.165, 1.54) is 6.07 Å². The zero-order valence-electron chi connectivity index (χ0n) is 29.7. The Balaban J connectivity index is 0.00000117. The van der Waals surface area contributed by atoms with Gasteiger partial charge in [-0.2, -0.15) is 0 Å². The molecular weight excluding hydrogens is 634 g/mol. The summed E-state index contributed by atoms with van der Waals surface area (Å²) in [7, 11) is 1.99. The average molecular weight is 689 g/mol. The van der Waals surface area contributed by atoms with E-state index in [9.17, 15) is 28.3 Å². The number of nitrogens with zero attached hydrogens (tertiary/aromatic N) is 4.